The third-order valence-corrected chi connectivity index (χ3v) is 3.88. The van der Waals surface area contributed by atoms with Crippen LogP contribution in [0, 0.1) is 5.82 Å². The molecule has 0 bridgehead atoms. The monoisotopic (exact) mass is 331 g/mol. The van der Waals surface area contributed by atoms with Gasteiger partial charge in [0.1, 0.15) is 5.82 Å². The number of benzene rings is 1. The molecule has 3 rings (SSSR count). The van der Waals surface area contributed by atoms with E-state index in [9.17, 15) is 4.39 Å². The van der Waals surface area contributed by atoms with Gasteiger partial charge in [0, 0.05) is 5.56 Å². The lowest BCUT2D eigenvalue weighted by Crippen LogP contribution is -1.81. The van der Waals surface area contributed by atoms with Crippen molar-refractivity contribution in [3.05, 3.63) is 39.2 Å². The van der Waals surface area contributed by atoms with Crippen LogP contribution < -0.4 is 0 Å². The molecule has 0 N–H and O–H groups in total. The van der Waals surface area contributed by atoms with Gasteiger partial charge in [-0.05, 0) is 34.1 Å². The quantitative estimate of drug-likeness (QED) is 0.674. The molecule has 86 valence electrons. The van der Waals surface area contributed by atoms with Crippen LogP contribution in [0.1, 0.15) is 0 Å². The molecule has 0 saturated heterocycles. The van der Waals surface area contributed by atoms with E-state index in [1.54, 1.807) is 22.8 Å². The van der Waals surface area contributed by atoms with E-state index in [0.29, 0.717) is 0 Å². The van der Waals surface area contributed by atoms with Crippen LogP contribution in [0.15, 0.2) is 28.3 Å². The second-order valence-electron chi connectivity index (χ2n) is 3.34. The van der Waals surface area contributed by atoms with Crippen LogP contribution in [0.5, 0.6) is 0 Å². The summed E-state index contributed by atoms with van der Waals surface area (Å²) in [6.45, 7) is 0. The summed E-state index contributed by atoms with van der Waals surface area (Å²) in [5.41, 5.74) is 1.49. The molecule has 17 heavy (non-hydrogen) atoms. The summed E-state index contributed by atoms with van der Waals surface area (Å²) in [7, 11) is 0. The third-order valence-electron chi connectivity index (χ3n) is 2.23. The fourth-order valence-corrected chi connectivity index (χ4v) is 2.87. The molecule has 0 aliphatic carbocycles. The van der Waals surface area contributed by atoms with E-state index in [1.165, 1.54) is 17.4 Å². The van der Waals surface area contributed by atoms with Gasteiger partial charge in [0.05, 0.1) is 16.9 Å². The molecule has 0 radical (unpaired) electrons. The summed E-state index contributed by atoms with van der Waals surface area (Å²) in [5, 5.41) is 4.27. The van der Waals surface area contributed by atoms with Crippen molar-refractivity contribution in [2.45, 2.75) is 0 Å². The average molecular weight is 333 g/mol. The number of hydrogen-bond acceptors (Lipinski definition) is 3. The van der Waals surface area contributed by atoms with Crippen LogP contribution in [-0.4, -0.2) is 14.6 Å². The summed E-state index contributed by atoms with van der Waals surface area (Å²) in [4.78, 5) is 5.15. The van der Waals surface area contributed by atoms with Crippen LogP contribution in [0.2, 0.25) is 5.02 Å². The number of fused-ring (bicyclic) bond motifs is 1. The van der Waals surface area contributed by atoms with Crippen molar-refractivity contribution in [2.24, 2.45) is 0 Å². The fraction of sp³-hybridized carbons (Fsp3) is 0. The van der Waals surface area contributed by atoms with E-state index < -0.39 is 5.82 Å². The van der Waals surface area contributed by atoms with Gasteiger partial charge >= 0.3 is 0 Å². The van der Waals surface area contributed by atoms with E-state index in [-0.39, 0.29) is 5.02 Å². The normalized spacial score (nSPS) is 11.2. The molecule has 3 nitrogen and oxygen atoms in total. The highest BCUT2D eigenvalue weighted by Crippen LogP contribution is 2.27. The smallest absolute Gasteiger partial charge is 0.213 e. The Morgan fingerprint density at radius 2 is 2.24 bits per heavy atom. The molecular formula is C10H4BrClFN3S. The van der Waals surface area contributed by atoms with Crippen molar-refractivity contribution < 1.29 is 4.39 Å². The molecule has 1 aromatic carbocycles. The average Bonchev–Trinajstić information content (AvgIpc) is 2.79. The number of hydrogen-bond donors (Lipinski definition) is 0. The third kappa shape index (κ3) is 1.96. The zero-order chi connectivity index (χ0) is 12.0. The van der Waals surface area contributed by atoms with Gasteiger partial charge in [0.15, 0.2) is 3.92 Å². The van der Waals surface area contributed by atoms with Crippen molar-refractivity contribution >= 4 is 43.8 Å². The minimum Gasteiger partial charge on any atom is -0.217 e. The highest BCUT2D eigenvalue weighted by molar-refractivity contribution is 9.11. The molecule has 0 amide bonds. The van der Waals surface area contributed by atoms with Crippen molar-refractivity contribution in [1.82, 2.24) is 14.6 Å². The molecule has 2 heterocycles. The molecule has 0 aliphatic rings. The summed E-state index contributed by atoms with van der Waals surface area (Å²) < 4.78 is 15.5. The molecule has 2 aromatic heterocycles. The summed E-state index contributed by atoms with van der Waals surface area (Å²) in [6, 6.07) is 4.52. The van der Waals surface area contributed by atoms with Crippen LogP contribution in [0.4, 0.5) is 4.39 Å². The minimum absolute atomic E-state index is 0.0907. The fourth-order valence-electron chi connectivity index (χ4n) is 1.47. The van der Waals surface area contributed by atoms with Gasteiger partial charge in [0.2, 0.25) is 4.96 Å². The summed E-state index contributed by atoms with van der Waals surface area (Å²) >= 11 is 10.4. The first-order chi connectivity index (χ1) is 8.13. The lowest BCUT2D eigenvalue weighted by atomic mass is 10.2. The Morgan fingerprint density at radius 3 is 2.94 bits per heavy atom. The number of imidazole rings is 1. The molecule has 3 aromatic rings. The number of rotatable bonds is 1. The minimum atomic E-state index is -0.433. The van der Waals surface area contributed by atoms with Crippen molar-refractivity contribution in [3.63, 3.8) is 0 Å². The predicted molar refractivity (Wildman–Crippen MR) is 69.0 cm³/mol. The molecule has 0 fully saturated rings. The van der Waals surface area contributed by atoms with Crippen LogP contribution >= 0.6 is 38.9 Å². The van der Waals surface area contributed by atoms with Crippen molar-refractivity contribution in [1.29, 1.82) is 0 Å². The maximum atomic E-state index is 13.0. The first-order valence-corrected chi connectivity index (χ1v) is 6.59. The highest BCUT2D eigenvalue weighted by atomic mass is 79.9. The van der Waals surface area contributed by atoms with Gasteiger partial charge < -0.3 is 0 Å². The van der Waals surface area contributed by atoms with Gasteiger partial charge in [-0.1, -0.05) is 22.9 Å². The zero-order valence-corrected chi connectivity index (χ0v) is 11.4. The van der Waals surface area contributed by atoms with Gasteiger partial charge in [-0.25, -0.2) is 13.9 Å². The van der Waals surface area contributed by atoms with E-state index in [1.807, 2.05) is 0 Å². The number of halogens is 3. The van der Waals surface area contributed by atoms with E-state index in [0.717, 1.165) is 20.1 Å². The largest absolute Gasteiger partial charge is 0.217 e. The standard InChI is InChI=1S/C10H4BrClFN3S/c11-9-15-16-4-8(14-10(16)17-9)5-1-2-7(13)6(12)3-5/h1-4H. The van der Waals surface area contributed by atoms with Crippen molar-refractivity contribution in [3.8, 4) is 11.3 Å². The maximum Gasteiger partial charge on any atom is 0.213 e. The van der Waals surface area contributed by atoms with Gasteiger partial charge in [-0.15, -0.1) is 5.10 Å². The Balaban J connectivity index is 2.13. The topological polar surface area (TPSA) is 30.2 Å². The Bertz CT molecular complexity index is 677. The molecule has 0 spiro atoms. The summed E-state index contributed by atoms with van der Waals surface area (Å²) in [5.74, 6) is -0.433. The molecular weight excluding hydrogens is 329 g/mol. The van der Waals surface area contributed by atoms with Gasteiger partial charge in [0.25, 0.3) is 0 Å². The lowest BCUT2D eigenvalue weighted by Gasteiger charge is -1.97. The van der Waals surface area contributed by atoms with E-state index in [2.05, 4.69) is 26.0 Å². The number of aromatic nitrogens is 3. The molecule has 0 aliphatic heterocycles. The predicted octanol–water partition coefficient (Wildman–Crippen LogP) is 4.01. The van der Waals surface area contributed by atoms with E-state index >= 15 is 0 Å². The Kier molecular flexibility index (Phi) is 2.65. The van der Waals surface area contributed by atoms with Gasteiger partial charge in [-0.3, -0.25) is 0 Å². The second kappa shape index (κ2) is 4.04. The number of nitrogens with zero attached hydrogens (tertiary/aromatic N) is 3. The van der Waals surface area contributed by atoms with E-state index in [4.69, 9.17) is 11.6 Å². The van der Waals surface area contributed by atoms with Crippen LogP contribution in [0.3, 0.4) is 0 Å². The maximum absolute atomic E-state index is 13.0. The lowest BCUT2D eigenvalue weighted by molar-refractivity contribution is 0.628. The second-order valence-corrected chi connectivity index (χ2v) is 5.98. The first-order valence-electron chi connectivity index (χ1n) is 4.60. The highest BCUT2D eigenvalue weighted by Gasteiger charge is 2.09. The Labute approximate surface area is 113 Å². The van der Waals surface area contributed by atoms with Crippen LogP contribution in [0.25, 0.3) is 16.2 Å². The Morgan fingerprint density at radius 1 is 1.41 bits per heavy atom. The van der Waals surface area contributed by atoms with Crippen molar-refractivity contribution in [2.75, 3.05) is 0 Å². The van der Waals surface area contributed by atoms with Crippen LogP contribution in [-0.2, 0) is 0 Å². The SMILES string of the molecule is Fc1ccc(-c2cn3nc(Br)sc3n2)cc1Cl. The molecule has 0 unspecified atom stereocenters. The van der Waals surface area contributed by atoms with Gasteiger partial charge in [-0.2, -0.15) is 0 Å². The summed E-state index contributed by atoms with van der Waals surface area (Å²) in [6.07, 6.45) is 1.78. The first kappa shape index (κ1) is 11.1. The Hall–Kier alpha value is -0.980. The molecule has 0 saturated carbocycles. The molecule has 7 heteroatoms. The molecule has 0 atom stereocenters. The zero-order valence-electron chi connectivity index (χ0n) is 8.19.